The van der Waals surface area contributed by atoms with E-state index in [9.17, 15) is 9.59 Å². The molecule has 2 aromatic rings. The molecule has 30 heavy (non-hydrogen) atoms. The fourth-order valence-electron chi connectivity index (χ4n) is 3.41. The highest BCUT2D eigenvalue weighted by molar-refractivity contribution is 9.10. The Morgan fingerprint density at radius 1 is 1.07 bits per heavy atom. The van der Waals surface area contributed by atoms with Gasteiger partial charge in [-0.05, 0) is 75.6 Å². The van der Waals surface area contributed by atoms with E-state index in [1.165, 1.54) is 0 Å². The summed E-state index contributed by atoms with van der Waals surface area (Å²) in [5.41, 5.74) is 1.08. The summed E-state index contributed by atoms with van der Waals surface area (Å²) < 4.78 is 11.8. The van der Waals surface area contributed by atoms with Gasteiger partial charge in [-0.2, -0.15) is 0 Å². The fraction of sp³-hybridized carbons (Fsp3) is 0.391. The monoisotopic (exact) mass is 474 g/mol. The van der Waals surface area contributed by atoms with Crippen molar-refractivity contribution in [2.24, 2.45) is 0 Å². The zero-order chi connectivity index (χ0) is 21.8. The van der Waals surface area contributed by atoms with Gasteiger partial charge in [0, 0.05) is 28.9 Å². The van der Waals surface area contributed by atoms with E-state index < -0.39 is 17.2 Å². The first-order valence-electron chi connectivity index (χ1n) is 9.93. The second kappa shape index (κ2) is 9.18. The number of amides is 2. The van der Waals surface area contributed by atoms with Gasteiger partial charge >= 0.3 is 6.09 Å². The first kappa shape index (κ1) is 22.3. The van der Waals surface area contributed by atoms with E-state index in [4.69, 9.17) is 9.47 Å². The van der Waals surface area contributed by atoms with Crippen LogP contribution in [0.1, 0.15) is 49.5 Å². The summed E-state index contributed by atoms with van der Waals surface area (Å²) in [6.45, 7) is 6.59. The summed E-state index contributed by atoms with van der Waals surface area (Å²) in [4.78, 5) is 24.9. The summed E-state index contributed by atoms with van der Waals surface area (Å²) in [5, 5.41) is 5.90. The number of halogens is 1. The van der Waals surface area contributed by atoms with E-state index in [0.29, 0.717) is 37.3 Å². The molecular weight excluding hydrogens is 448 g/mol. The van der Waals surface area contributed by atoms with Crippen LogP contribution in [0.4, 0.5) is 10.5 Å². The van der Waals surface area contributed by atoms with Gasteiger partial charge in [0.25, 0.3) is 5.91 Å². The number of hydrogen-bond acceptors (Lipinski definition) is 4. The minimum atomic E-state index is -0.575. The van der Waals surface area contributed by atoms with Crippen molar-refractivity contribution >= 4 is 33.6 Å². The van der Waals surface area contributed by atoms with E-state index in [0.717, 1.165) is 10.0 Å². The molecule has 160 valence electrons. The fourth-order valence-corrected chi connectivity index (χ4v) is 3.81. The summed E-state index contributed by atoms with van der Waals surface area (Å²) in [6, 6.07) is 14.8. The minimum absolute atomic E-state index is 0.166. The maximum absolute atomic E-state index is 13.0. The van der Waals surface area contributed by atoms with Crippen LogP contribution in [0.5, 0.6) is 0 Å². The van der Waals surface area contributed by atoms with Gasteiger partial charge in [0.15, 0.2) is 0 Å². The summed E-state index contributed by atoms with van der Waals surface area (Å²) in [5.74, 6) is -0.166. The second-order valence-corrected chi connectivity index (χ2v) is 9.28. The van der Waals surface area contributed by atoms with E-state index in [1.54, 1.807) is 45.0 Å². The smallest absolute Gasteiger partial charge is 0.412 e. The SMILES string of the molecule is CC(C)(C)OC(=O)Nc1ccc(C(=O)NC2(c3cccc(Br)c3)CCOCC2)cc1. The third-order valence-corrected chi connectivity index (χ3v) is 5.36. The van der Waals surface area contributed by atoms with Gasteiger partial charge in [0.1, 0.15) is 5.60 Å². The summed E-state index contributed by atoms with van der Waals surface area (Å²) in [6.07, 6.45) is 0.872. The predicted octanol–water partition coefficient (Wildman–Crippen LogP) is 5.23. The Kier molecular flexibility index (Phi) is 6.83. The molecule has 3 rings (SSSR count). The molecule has 7 heteroatoms. The number of nitrogens with one attached hydrogen (secondary N) is 2. The lowest BCUT2D eigenvalue weighted by Gasteiger charge is -2.38. The van der Waals surface area contributed by atoms with E-state index in [1.807, 2.05) is 24.3 Å². The van der Waals surface area contributed by atoms with Crippen molar-refractivity contribution in [1.29, 1.82) is 0 Å². The summed E-state index contributed by atoms with van der Waals surface area (Å²) >= 11 is 3.52. The molecule has 1 saturated heterocycles. The lowest BCUT2D eigenvalue weighted by molar-refractivity contribution is 0.0345. The van der Waals surface area contributed by atoms with Crippen molar-refractivity contribution in [1.82, 2.24) is 5.32 Å². The molecule has 1 aliphatic rings. The molecule has 0 unspecified atom stereocenters. The van der Waals surface area contributed by atoms with E-state index in [2.05, 4.69) is 26.6 Å². The summed E-state index contributed by atoms with van der Waals surface area (Å²) in [7, 11) is 0. The molecule has 2 amide bonds. The van der Waals surface area contributed by atoms with Crippen LogP contribution in [-0.4, -0.2) is 30.8 Å². The first-order valence-corrected chi connectivity index (χ1v) is 10.7. The highest BCUT2D eigenvalue weighted by atomic mass is 79.9. The molecule has 0 spiro atoms. The van der Waals surface area contributed by atoms with Crippen LogP contribution in [0.3, 0.4) is 0 Å². The number of anilines is 1. The van der Waals surface area contributed by atoms with Crippen LogP contribution >= 0.6 is 15.9 Å². The third-order valence-electron chi connectivity index (χ3n) is 4.87. The molecule has 2 N–H and O–H groups in total. The number of benzene rings is 2. The van der Waals surface area contributed by atoms with Crippen LogP contribution in [0, 0.1) is 0 Å². The number of hydrogen-bond donors (Lipinski definition) is 2. The largest absolute Gasteiger partial charge is 0.444 e. The highest BCUT2D eigenvalue weighted by Crippen LogP contribution is 2.34. The minimum Gasteiger partial charge on any atom is -0.444 e. The quantitative estimate of drug-likeness (QED) is 0.635. The topological polar surface area (TPSA) is 76.7 Å². The van der Waals surface area contributed by atoms with Crippen molar-refractivity contribution in [2.75, 3.05) is 18.5 Å². The Labute approximate surface area is 185 Å². The molecule has 1 fully saturated rings. The van der Waals surface area contributed by atoms with Crippen molar-refractivity contribution < 1.29 is 19.1 Å². The van der Waals surface area contributed by atoms with Crippen LogP contribution in [0.25, 0.3) is 0 Å². The molecule has 1 heterocycles. The van der Waals surface area contributed by atoms with Gasteiger partial charge in [-0.3, -0.25) is 10.1 Å². The lowest BCUT2D eigenvalue weighted by atomic mass is 9.82. The molecule has 0 radical (unpaired) electrons. The number of carbonyl (C=O) groups is 2. The number of ether oxygens (including phenoxy) is 2. The molecule has 0 aromatic heterocycles. The number of carbonyl (C=O) groups excluding carboxylic acids is 2. The second-order valence-electron chi connectivity index (χ2n) is 8.36. The standard InChI is InChI=1S/C23H27BrN2O4/c1-22(2,3)30-21(28)25-19-9-7-16(8-10-19)20(27)26-23(11-13-29-14-12-23)17-5-4-6-18(24)15-17/h4-10,15H,11-14H2,1-3H3,(H,25,28)(H,26,27). The van der Waals surface area contributed by atoms with Crippen molar-refractivity contribution in [3.63, 3.8) is 0 Å². The first-order chi connectivity index (χ1) is 14.2. The maximum atomic E-state index is 13.0. The third kappa shape index (κ3) is 5.83. The van der Waals surface area contributed by atoms with Crippen molar-refractivity contribution in [3.8, 4) is 0 Å². The van der Waals surface area contributed by atoms with Crippen LogP contribution in [0.2, 0.25) is 0 Å². The van der Waals surface area contributed by atoms with Crippen LogP contribution < -0.4 is 10.6 Å². The highest BCUT2D eigenvalue weighted by Gasteiger charge is 2.36. The maximum Gasteiger partial charge on any atom is 0.412 e. The zero-order valence-electron chi connectivity index (χ0n) is 17.5. The van der Waals surface area contributed by atoms with Crippen LogP contribution in [0.15, 0.2) is 53.0 Å². The Hall–Kier alpha value is -2.38. The van der Waals surface area contributed by atoms with Gasteiger partial charge < -0.3 is 14.8 Å². The number of rotatable bonds is 4. The van der Waals surface area contributed by atoms with Crippen LogP contribution in [-0.2, 0) is 15.0 Å². The Morgan fingerprint density at radius 3 is 2.33 bits per heavy atom. The normalized spacial score (nSPS) is 15.9. The molecule has 0 atom stereocenters. The van der Waals surface area contributed by atoms with Gasteiger partial charge in [-0.1, -0.05) is 28.1 Å². The molecule has 2 aromatic carbocycles. The average Bonchev–Trinajstić information content (AvgIpc) is 2.67. The molecule has 0 bridgehead atoms. The van der Waals surface area contributed by atoms with Gasteiger partial charge in [-0.25, -0.2) is 4.79 Å². The molecule has 1 aliphatic heterocycles. The Morgan fingerprint density at radius 2 is 1.73 bits per heavy atom. The van der Waals surface area contributed by atoms with E-state index >= 15 is 0 Å². The molecule has 0 aliphatic carbocycles. The molecule has 0 saturated carbocycles. The van der Waals surface area contributed by atoms with Gasteiger partial charge in [-0.15, -0.1) is 0 Å². The van der Waals surface area contributed by atoms with Crippen molar-refractivity contribution in [2.45, 2.75) is 44.8 Å². The lowest BCUT2D eigenvalue weighted by Crippen LogP contribution is -2.49. The predicted molar refractivity (Wildman–Crippen MR) is 120 cm³/mol. The van der Waals surface area contributed by atoms with Gasteiger partial charge in [0.2, 0.25) is 0 Å². The van der Waals surface area contributed by atoms with E-state index in [-0.39, 0.29) is 5.91 Å². The van der Waals surface area contributed by atoms with Crippen molar-refractivity contribution in [3.05, 3.63) is 64.1 Å². The Bertz CT molecular complexity index is 900. The zero-order valence-corrected chi connectivity index (χ0v) is 19.0. The molecular formula is C23H27BrN2O4. The molecule has 6 nitrogen and oxygen atoms in total. The average molecular weight is 475 g/mol. The Balaban J connectivity index is 1.73. The van der Waals surface area contributed by atoms with Gasteiger partial charge in [0.05, 0.1) is 5.54 Å².